The standard InChI is InChI=1S/C13H14N2O3/c1-3-9-5-4-6-10(7-9)15-12(17)8(2)11(16)14-13(15)18/h4-7,17H,3H2,1-2H3,(H,14,16,18). The molecule has 94 valence electrons. The lowest BCUT2D eigenvalue weighted by molar-refractivity contribution is 0.426. The van der Waals surface area contributed by atoms with Gasteiger partial charge in [0.15, 0.2) is 0 Å². The van der Waals surface area contributed by atoms with Crippen molar-refractivity contribution in [3.8, 4) is 11.6 Å². The largest absolute Gasteiger partial charge is 0.494 e. The van der Waals surface area contributed by atoms with E-state index in [4.69, 9.17) is 0 Å². The van der Waals surface area contributed by atoms with Gasteiger partial charge in [0, 0.05) is 0 Å². The van der Waals surface area contributed by atoms with E-state index in [1.807, 2.05) is 13.0 Å². The van der Waals surface area contributed by atoms with Gasteiger partial charge in [0.05, 0.1) is 11.3 Å². The second-order valence-corrected chi connectivity index (χ2v) is 4.07. The van der Waals surface area contributed by atoms with Gasteiger partial charge in [-0.2, -0.15) is 0 Å². The third-order valence-corrected chi connectivity index (χ3v) is 2.89. The number of nitrogens with one attached hydrogen (secondary N) is 1. The first-order chi connectivity index (χ1) is 8.54. The van der Waals surface area contributed by atoms with Crippen LogP contribution >= 0.6 is 0 Å². The lowest BCUT2D eigenvalue weighted by Gasteiger charge is -2.10. The summed E-state index contributed by atoms with van der Waals surface area (Å²) in [6.45, 7) is 3.47. The zero-order valence-electron chi connectivity index (χ0n) is 10.2. The molecule has 0 fully saturated rings. The Kier molecular flexibility index (Phi) is 3.06. The molecule has 0 saturated carbocycles. The molecule has 0 aliphatic rings. The summed E-state index contributed by atoms with van der Waals surface area (Å²) >= 11 is 0. The summed E-state index contributed by atoms with van der Waals surface area (Å²) in [6, 6.07) is 7.25. The normalized spacial score (nSPS) is 10.6. The number of hydrogen-bond donors (Lipinski definition) is 2. The molecule has 0 saturated heterocycles. The van der Waals surface area contributed by atoms with Crippen LogP contribution in [0.3, 0.4) is 0 Å². The Morgan fingerprint density at radius 2 is 2.06 bits per heavy atom. The van der Waals surface area contributed by atoms with Crippen molar-refractivity contribution >= 4 is 0 Å². The number of hydrogen-bond acceptors (Lipinski definition) is 3. The fraction of sp³-hybridized carbons (Fsp3) is 0.231. The summed E-state index contributed by atoms with van der Waals surface area (Å²) in [5.74, 6) is -0.322. The maximum absolute atomic E-state index is 11.8. The van der Waals surface area contributed by atoms with E-state index in [2.05, 4.69) is 4.98 Å². The summed E-state index contributed by atoms with van der Waals surface area (Å²) in [7, 11) is 0. The summed E-state index contributed by atoms with van der Waals surface area (Å²) < 4.78 is 1.09. The molecule has 0 amide bonds. The lowest BCUT2D eigenvalue weighted by Crippen LogP contribution is -2.30. The van der Waals surface area contributed by atoms with Crippen LogP contribution in [0.25, 0.3) is 5.69 Å². The van der Waals surface area contributed by atoms with Crippen molar-refractivity contribution in [1.82, 2.24) is 9.55 Å². The van der Waals surface area contributed by atoms with Gasteiger partial charge in [-0.3, -0.25) is 9.78 Å². The zero-order chi connectivity index (χ0) is 13.3. The Labute approximate surface area is 103 Å². The van der Waals surface area contributed by atoms with Crippen molar-refractivity contribution in [2.24, 2.45) is 0 Å². The van der Waals surface area contributed by atoms with Crippen LogP contribution in [0.2, 0.25) is 0 Å². The molecule has 5 nitrogen and oxygen atoms in total. The molecule has 0 radical (unpaired) electrons. The van der Waals surface area contributed by atoms with Crippen LogP contribution in [0.15, 0.2) is 33.9 Å². The predicted molar refractivity (Wildman–Crippen MR) is 68.4 cm³/mol. The molecule has 5 heteroatoms. The number of nitrogens with zero attached hydrogens (tertiary/aromatic N) is 1. The molecule has 0 aliphatic carbocycles. The predicted octanol–water partition coefficient (Wildman–Crippen LogP) is 1.10. The summed E-state index contributed by atoms with van der Waals surface area (Å²) in [5, 5.41) is 9.92. The Balaban J connectivity index is 2.75. The second-order valence-electron chi connectivity index (χ2n) is 4.07. The quantitative estimate of drug-likeness (QED) is 0.833. The molecular weight excluding hydrogens is 232 g/mol. The highest BCUT2D eigenvalue weighted by molar-refractivity contribution is 5.40. The van der Waals surface area contributed by atoms with Crippen LogP contribution < -0.4 is 11.2 Å². The molecule has 0 atom stereocenters. The van der Waals surface area contributed by atoms with E-state index >= 15 is 0 Å². The van der Waals surface area contributed by atoms with E-state index in [1.165, 1.54) is 6.92 Å². The minimum absolute atomic E-state index is 0.122. The third kappa shape index (κ3) is 1.95. The van der Waals surface area contributed by atoms with Crippen molar-refractivity contribution < 1.29 is 5.11 Å². The summed E-state index contributed by atoms with van der Waals surface area (Å²) in [5.41, 5.74) is 0.493. The topological polar surface area (TPSA) is 75.1 Å². The molecule has 1 heterocycles. The summed E-state index contributed by atoms with van der Waals surface area (Å²) in [6.07, 6.45) is 0.825. The number of H-pyrrole nitrogens is 1. The molecule has 1 aromatic heterocycles. The molecule has 0 unspecified atom stereocenters. The Bertz CT molecular complexity index is 698. The molecule has 0 aliphatic heterocycles. The molecule has 0 bridgehead atoms. The fourth-order valence-corrected chi connectivity index (χ4v) is 1.77. The minimum atomic E-state index is -0.642. The van der Waals surface area contributed by atoms with Crippen molar-refractivity contribution in [3.05, 3.63) is 56.2 Å². The number of aromatic amines is 1. The molecule has 2 rings (SSSR count). The zero-order valence-corrected chi connectivity index (χ0v) is 10.2. The average Bonchev–Trinajstić information content (AvgIpc) is 2.36. The minimum Gasteiger partial charge on any atom is -0.494 e. The van der Waals surface area contributed by atoms with Crippen LogP contribution in [0.1, 0.15) is 18.1 Å². The second kappa shape index (κ2) is 4.52. The van der Waals surface area contributed by atoms with Gasteiger partial charge in [0.25, 0.3) is 5.56 Å². The van der Waals surface area contributed by atoms with E-state index in [-0.39, 0.29) is 11.4 Å². The van der Waals surface area contributed by atoms with Crippen molar-refractivity contribution in [1.29, 1.82) is 0 Å². The first-order valence-electron chi connectivity index (χ1n) is 5.68. The van der Waals surface area contributed by atoms with E-state index in [0.29, 0.717) is 5.69 Å². The molecule has 18 heavy (non-hydrogen) atoms. The number of aromatic hydroxyl groups is 1. The van der Waals surface area contributed by atoms with Crippen LogP contribution in [-0.2, 0) is 6.42 Å². The Morgan fingerprint density at radius 1 is 1.33 bits per heavy atom. The Hall–Kier alpha value is -2.30. The van der Waals surface area contributed by atoms with E-state index in [0.717, 1.165) is 16.6 Å². The fourth-order valence-electron chi connectivity index (χ4n) is 1.77. The molecule has 2 aromatic rings. The molecule has 2 N–H and O–H groups in total. The highest BCUT2D eigenvalue weighted by atomic mass is 16.3. The van der Waals surface area contributed by atoms with Crippen molar-refractivity contribution in [2.45, 2.75) is 20.3 Å². The Morgan fingerprint density at radius 3 is 2.72 bits per heavy atom. The SMILES string of the molecule is CCc1cccc(-n2c(O)c(C)c(=O)[nH]c2=O)c1. The summed E-state index contributed by atoms with van der Waals surface area (Å²) in [4.78, 5) is 25.3. The first-order valence-corrected chi connectivity index (χ1v) is 5.68. The monoisotopic (exact) mass is 246 g/mol. The third-order valence-electron chi connectivity index (χ3n) is 2.89. The van der Waals surface area contributed by atoms with Gasteiger partial charge >= 0.3 is 5.69 Å². The average molecular weight is 246 g/mol. The highest BCUT2D eigenvalue weighted by Crippen LogP contribution is 2.16. The number of aryl methyl sites for hydroxylation is 1. The van der Waals surface area contributed by atoms with Crippen molar-refractivity contribution in [2.75, 3.05) is 0 Å². The van der Waals surface area contributed by atoms with E-state index < -0.39 is 11.2 Å². The van der Waals surface area contributed by atoms with Gasteiger partial charge in [-0.15, -0.1) is 0 Å². The van der Waals surface area contributed by atoms with Gasteiger partial charge in [0.1, 0.15) is 0 Å². The van der Waals surface area contributed by atoms with Crippen LogP contribution in [0.5, 0.6) is 5.88 Å². The van der Waals surface area contributed by atoms with Gasteiger partial charge < -0.3 is 5.11 Å². The van der Waals surface area contributed by atoms with Crippen molar-refractivity contribution in [3.63, 3.8) is 0 Å². The molecule has 1 aromatic carbocycles. The van der Waals surface area contributed by atoms with Gasteiger partial charge in [0.2, 0.25) is 5.88 Å². The molecular formula is C13H14N2O3. The van der Waals surface area contributed by atoms with Crippen LogP contribution in [0, 0.1) is 6.92 Å². The van der Waals surface area contributed by atoms with Gasteiger partial charge in [-0.1, -0.05) is 19.1 Å². The number of aromatic nitrogens is 2. The van der Waals surface area contributed by atoms with Gasteiger partial charge in [-0.05, 0) is 31.0 Å². The highest BCUT2D eigenvalue weighted by Gasteiger charge is 2.11. The van der Waals surface area contributed by atoms with Gasteiger partial charge in [-0.25, -0.2) is 9.36 Å². The maximum atomic E-state index is 11.8. The lowest BCUT2D eigenvalue weighted by atomic mass is 10.1. The van der Waals surface area contributed by atoms with E-state index in [1.54, 1.807) is 18.2 Å². The number of benzene rings is 1. The smallest absolute Gasteiger partial charge is 0.335 e. The molecule has 0 spiro atoms. The van der Waals surface area contributed by atoms with Crippen LogP contribution in [0.4, 0.5) is 0 Å². The van der Waals surface area contributed by atoms with Crippen LogP contribution in [-0.4, -0.2) is 14.7 Å². The first kappa shape index (κ1) is 12.2. The maximum Gasteiger partial charge on any atom is 0.335 e. The number of rotatable bonds is 2. The van der Waals surface area contributed by atoms with E-state index in [9.17, 15) is 14.7 Å².